The van der Waals surface area contributed by atoms with Crippen LogP contribution in [-0.4, -0.2) is 0 Å². The number of rotatable bonds is 1. The topological polar surface area (TPSA) is 26.0 Å². The molecule has 0 saturated carbocycles. The number of halogens is 2. The van der Waals surface area contributed by atoms with Gasteiger partial charge in [0.2, 0.25) is 0 Å². The van der Waals surface area contributed by atoms with Crippen LogP contribution in [0.1, 0.15) is 9.83 Å². The monoisotopic (exact) mass is 269 g/mol. The standard InChI is InChI=1S/C5H5Br2NS/c6-4-2-1-3(9-4)5(7)8/h1-2,5H,8H2. The minimum absolute atomic E-state index is 0.0196. The van der Waals surface area contributed by atoms with Crippen LogP contribution in [0.3, 0.4) is 0 Å². The third-order valence-corrected chi connectivity index (χ3v) is 3.37. The number of nitrogens with two attached hydrogens (primary N) is 1. The lowest BCUT2D eigenvalue weighted by Gasteiger charge is -1.94. The van der Waals surface area contributed by atoms with Gasteiger partial charge in [-0.25, -0.2) is 0 Å². The predicted molar refractivity (Wildman–Crippen MR) is 47.9 cm³/mol. The third kappa shape index (κ3) is 2.04. The third-order valence-electron chi connectivity index (χ3n) is 0.866. The van der Waals surface area contributed by atoms with Crippen molar-refractivity contribution in [2.75, 3.05) is 0 Å². The average Bonchev–Trinajstić information content (AvgIpc) is 2.14. The molecule has 1 nitrogen and oxygen atoms in total. The fraction of sp³-hybridized carbons (Fsp3) is 0.200. The van der Waals surface area contributed by atoms with Gasteiger partial charge in [0.15, 0.2) is 0 Å². The maximum absolute atomic E-state index is 5.53. The highest BCUT2D eigenvalue weighted by atomic mass is 79.9. The summed E-state index contributed by atoms with van der Waals surface area (Å²) >= 11 is 8.25. The van der Waals surface area contributed by atoms with Crippen molar-refractivity contribution < 1.29 is 0 Å². The molecule has 0 aliphatic rings. The van der Waals surface area contributed by atoms with Gasteiger partial charge in [-0.2, -0.15) is 0 Å². The van der Waals surface area contributed by atoms with Gasteiger partial charge in [-0.05, 0) is 28.1 Å². The van der Waals surface area contributed by atoms with E-state index in [0.29, 0.717) is 0 Å². The van der Waals surface area contributed by atoms with Crippen LogP contribution in [0, 0.1) is 0 Å². The molecule has 1 atom stereocenters. The van der Waals surface area contributed by atoms with Crippen molar-refractivity contribution in [1.82, 2.24) is 0 Å². The first-order chi connectivity index (χ1) is 4.20. The Morgan fingerprint density at radius 3 is 2.44 bits per heavy atom. The largest absolute Gasteiger partial charge is 0.314 e. The van der Waals surface area contributed by atoms with Gasteiger partial charge in [0.25, 0.3) is 0 Å². The average molecular weight is 271 g/mol. The zero-order valence-electron chi connectivity index (χ0n) is 4.47. The zero-order valence-corrected chi connectivity index (χ0v) is 8.46. The lowest BCUT2D eigenvalue weighted by molar-refractivity contribution is 1.09. The summed E-state index contributed by atoms with van der Waals surface area (Å²) in [5.74, 6) is 0. The smallest absolute Gasteiger partial charge is 0.0955 e. The summed E-state index contributed by atoms with van der Waals surface area (Å²) in [7, 11) is 0. The van der Waals surface area contributed by atoms with Crippen molar-refractivity contribution >= 4 is 43.2 Å². The molecule has 1 unspecified atom stereocenters. The van der Waals surface area contributed by atoms with Crippen LogP contribution >= 0.6 is 43.2 Å². The van der Waals surface area contributed by atoms with Gasteiger partial charge in [0.05, 0.1) is 8.74 Å². The molecule has 0 bridgehead atoms. The van der Waals surface area contributed by atoms with Gasteiger partial charge < -0.3 is 5.73 Å². The number of hydrogen-bond donors (Lipinski definition) is 1. The first kappa shape index (κ1) is 7.72. The SMILES string of the molecule is NC(Br)c1ccc(Br)s1. The molecule has 1 rings (SSSR count). The molecule has 1 aromatic rings. The molecule has 0 spiro atoms. The molecule has 9 heavy (non-hydrogen) atoms. The maximum Gasteiger partial charge on any atom is 0.0955 e. The molecule has 0 aliphatic carbocycles. The van der Waals surface area contributed by atoms with Crippen molar-refractivity contribution in [1.29, 1.82) is 0 Å². The van der Waals surface area contributed by atoms with E-state index in [2.05, 4.69) is 31.9 Å². The first-order valence-corrected chi connectivity index (χ1v) is 4.87. The molecule has 1 aromatic heterocycles. The second-order valence-electron chi connectivity index (χ2n) is 1.54. The van der Waals surface area contributed by atoms with Gasteiger partial charge in [-0.1, -0.05) is 15.9 Å². The van der Waals surface area contributed by atoms with Crippen LogP contribution in [-0.2, 0) is 0 Å². The summed E-state index contributed by atoms with van der Waals surface area (Å²) in [5, 5.41) is 0. The van der Waals surface area contributed by atoms with Gasteiger partial charge in [0.1, 0.15) is 0 Å². The fourth-order valence-corrected chi connectivity index (χ4v) is 2.21. The molecule has 0 amide bonds. The molecule has 0 radical (unpaired) electrons. The van der Waals surface area contributed by atoms with E-state index in [-0.39, 0.29) is 4.95 Å². The summed E-state index contributed by atoms with van der Waals surface area (Å²) in [4.78, 5) is 1.12. The van der Waals surface area contributed by atoms with Crippen LogP contribution in [0.25, 0.3) is 0 Å². The molecular formula is C5H5Br2NS. The molecule has 0 aromatic carbocycles. The van der Waals surface area contributed by atoms with Crippen molar-refractivity contribution in [3.05, 3.63) is 20.8 Å². The van der Waals surface area contributed by atoms with E-state index in [1.165, 1.54) is 0 Å². The molecule has 4 heteroatoms. The molecule has 2 N–H and O–H groups in total. The van der Waals surface area contributed by atoms with Gasteiger partial charge in [-0.3, -0.25) is 0 Å². The first-order valence-electron chi connectivity index (χ1n) is 2.35. The molecule has 50 valence electrons. The van der Waals surface area contributed by atoms with E-state index in [9.17, 15) is 0 Å². The number of alkyl halides is 1. The summed E-state index contributed by atoms with van der Waals surface area (Å²) in [5.41, 5.74) is 5.53. The summed E-state index contributed by atoms with van der Waals surface area (Å²) in [6.07, 6.45) is 0. The summed E-state index contributed by atoms with van der Waals surface area (Å²) < 4.78 is 1.12. The zero-order chi connectivity index (χ0) is 6.85. The highest BCUT2D eigenvalue weighted by Crippen LogP contribution is 2.28. The Kier molecular flexibility index (Phi) is 2.70. The molecule has 0 saturated heterocycles. The predicted octanol–water partition coefficient (Wildman–Crippen LogP) is 2.86. The molecule has 1 heterocycles. The molecule has 0 fully saturated rings. The Morgan fingerprint density at radius 1 is 1.56 bits per heavy atom. The van der Waals surface area contributed by atoms with Crippen LogP contribution in [0.4, 0.5) is 0 Å². The number of hydrogen-bond acceptors (Lipinski definition) is 2. The Bertz CT molecular complexity index is 197. The van der Waals surface area contributed by atoms with E-state index in [1.54, 1.807) is 11.3 Å². The van der Waals surface area contributed by atoms with Crippen LogP contribution < -0.4 is 5.73 Å². The van der Waals surface area contributed by atoms with E-state index >= 15 is 0 Å². The minimum atomic E-state index is -0.0196. The Balaban J connectivity index is 2.85. The van der Waals surface area contributed by atoms with E-state index in [0.717, 1.165) is 8.66 Å². The summed E-state index contributed by atoms with van der Waals surface area (Å²) in [6, 6.07) is 3.98. The van der Waals surface area contributed by atoms with E-state index in [1.807, 2.05) is 12.1 Å². The lowest BCUT2D eigenvalue weighted by atomic mass is 10.5. The normalized spacial score (nSPS) is 13.7. The minimum Gasteiger partial charge on any atom is -0.314 e. The Hall–Kier alpha value is 0.620. The second kappa shape index (κ2) is 3.14. The van der Waals surface area contributed by atoms with Crippen LogP contribution in [0.5, 0.6) is 0 Å². The molecular weight excluding hydrogens is 266 g/mol. The Labute approximate surface area is 74.5 Å². The highest BCUT2D eigenvalue weighted by molar-refractivity contribution is 9.11. The lowest BCUT2D eigenvalue weighted by Crippen LogP contribution is -1.97. The van der Waals surface area contributed by atoms with Crippen LogP contribution in [0.15, 0.2) is 15.9 Å². The Morgan fingerprint density at radius 2 is 2.22 bits per heavy atom. The van der Waals surface area contributed by atoms with Crippen molar-refractivity contribution in [2.45, 2.75) is 4.95 Å². The van der Waals surface area contributed by atoms with E-state index < -0.39 is 0 Å². The van der Waals surface area contributed by atoms with Gasteiger partial charge in [0, 0.05) is 4.88 Å². The number of thiophene rings is 1. The molecule has 0 aliphatic heterocycles. The van der Waals surface area contributed by atoms with Gasteiger partial charge >= 0.3 is 0 Å². The van der Waals surface area contributed by atoms with Crippen LogP contribution in [0.2, 0.25) is 0 Å². The van der Waals surface area contributed by atoms with Crippen molar-refractivity contribution in [3.63, 3.8) is 0 Å². The van der Waals surface area contributed by atoms with Crippen molar-refractivity contribution in [2.24, 2.45) is 5.73 Å². The summed E-state index contributed by atoms with van der Waals surface area (Å²) in [6.45, 7) is 0. The fourth-order valence-electron chi connectivity index (χ4n) is 0.476. The highest BCUT2D eigenvalue weighted by Gasteiger charge is 2.02. The maximum atomic E-state index is 5.53. The quantitative estimate of drug-likeness (QED) is 0.616. The second-order valence-corrected chi connectivity index (χ2v) is 5.02. The van der Waals surface area contributed by atoms with Gasteiger partial charge in [-0.15, -0.1) is 11.3 Å². The van der Waals surface area contributed by atoms with Crippen molar-refractivity contribution in [3.8, 4) is 0 Å². The van der Waals surface area contributed by atoms with E-state index in [4.69, 9.17) is 5.73 Å².